The van der Waals surface area contributed by atoms with Gasteiger partial charge in [-0.1, -0.05) is 48.0 Å². The second-order valence-electron chi connectivity index (χ2n) is 9.08. The van der Waals surface area contributed by atoms with E-state index in [1.165, 1.54) is 5.56 Å². The Hall–Kier alpha value is -2.63. The average molecular weight is 466 g/mol. The van der Waals surface area contributed by atoms with E-state index in [-0.39, 0.29) is 36.4 Å². The zero-order valence-corrected chi connectivity index (χ0v) is 19.5. The summed E-state index contributed by atoms with van der Waals surface area (Å²) in [5.74, 6) is -0.704. The molecule has 5 rings (SSSR count). The highest BCUT2D eigenvalue weighted by Gasteiger charge is 2.39. The molecule has 2 aromatic rings. The lowest BCUT2D eigenvalue weighted by atomic mass is 9.83. The summed E-state index contributed by atoms with van der Waals surface area (Å²) in [6, 6.07) is 15.5. The molecule has 33 heavy (non-hydrogen) atoms. The lowest BCUT2D eigenvalue weighted by Gasteiger charge is -2.36. The number of aryl methyl sites for hydroxylation is 1. The molecule has 0 bridgehead atoms. The number of hydrogen-bond donors (Lipinski definition) is 0. The fourth-order valence-electron chi connectivity index (χ4n) is 5.30. The summed E-state index contributed by atoms with van der Waals surface area (Å²) >= 11 is 6.09. The normalized spacial score (nSPS) is 24.8. The number of halogens is 1. The third-order valence-electron chi connectivity index (χ3n) is 7.05. The Morgan fingerprint density at radius 3 is 2.70 bits per heavy atom. The van der Waals surface area contributed by atoms with Crippen LogP contribution in [-0.4, -0.2) is 36.0 Å². The molecule has 172 valence electrons. The molecule has 3 atom stereocenters. The zero-order valence-electron chi connectivity index (χ0n) is 18.8. The molecule has 2 heterocycles. The smallest absolute Gasteiger partial charge is 0.337 e. The van der Waals surface area contributed by atoms with Crippen molar-refractivity contribution in [2.24, 2.45) is 0 Å². The zero-order chi connectivity index (χ0) is 22.9. The molecule has 0 unspecified atom stereocenters. The molecule has 1 saturated heterocycles. The van der Waals surface area contributed by atoms with Gasteiger partial charge in [-0.25, -0.2) is 4.79 Å². The quantitative estimate of drug-likeness (QED) is 0.559. The Bertz CT molecular complexity index is 1090. The molecule has 6 heteroatoms. The van der Waals surface area contributed by atoms with Gasteiger partial charge in [-0.2, -0.15) is 0 Å². The average Bonchev–Trinajstić information content (AvgIpc) is 3.47. The van der Waals surface area contributed by atoms with Crippen LogP contribution >= 0.6 is 11.6 Å². The summed E-state index contributed by atoms with van der Waals surface area (Å²) in [5.41, 5.74) is 4.42. The van der Waals surface area contributed by atoms with Crippen molar-refractivity contribution in [2.75, 3.05) is 13.2 Å². The summed E-state index contributed by atoms with van der Waals surface area (Å²) in [4.78, 5) is 28.5. The summed E-state index contributed by atoms with van der Waals surface area (Å²) < 4.78 is 11.9. The molecule has 2 aliphatic heterocycles. The molecule has 0 saturated carbocycles. The van der Waals surface area contributed by atoms with E-state index in [1.54, 1.807) is 17.0 Å². The largest absolute Gasteiger partial charge is 0.454 e. The van der Waals surface area contributed by atoms with E-state index < -0.39 is 0 Å². The van der Waals surface area contributed by atoms with Crippen LogP contribution in [0, 0.1) is 0 Å². The van der Waals surface area contributed by atoms with Crippen molar-refractivity contribution in [3.05, 3.63) is 81.5 Å². The van der Waals surface area contributed by atoms with Gasteiger partial charge < -0.3 is 14.4 Å². The number of ether oxygens (including phenoxy) is 2. The number of esters is 1. The number of nitrogens with zero attached hydrogens (tertiary/aromatic N) is 1. The lowest BCUT2D eigenvalue weighted by molar-refractivity contribution is -0.145. The highest BCUT2D eigenvalue weighted by Crippen LogP contribution is 2.40. The van der Waals surface area contributed by atoms with Gasteiger partial charge in [-0.3, -0.25) is 4.79 Å². The first-order chi connectivity index (χ1) is 16.0. The van der Waals surface area contributed by atoms with Gasteiger partial charge in [0.2, 0.25) is 5.91 Å². The summed E-state index contributed by atoms with van der Waals surface area (Å²) in [6.45, 7) is 3.05. The molecule has 0 radical (unpaired) electrons. The number of hydrogen-bond acceptors (Lipinski definition) is 4. The predicted octanol–water partition coefficient (Wildman–Crippen LogP) is 5.34. The van der Waals surface area contributed by atoms with Crippen LogP contribution < -0.4 is 0 Å². The number of benzene rings is 2. The molecule has 1 aliphatic carbocycles. The van der Waals surface area contributed by atoms with E-state index in [0.29, 0.717) is 22.8 Å². The van der Waals surface area contributed by atoms with Gasteiger partial charge in [-0.15, -0.1) is 0 Å². The highest BCUT2D eigenvalue weighted by molar-refractivity contribution is 6.30. The topological polar surface area (TPSA) is 55.8 Å². The van der Waals surface area contributed by atoms with Crippen LogP contribution in [0.2, 0.25) is 5.02 Å². The van der Waals surface area contributed by atoms with Crippen LogP contribution in [0.15, 0.2) is 59.8 Å². The third-order valence-corrected chi connectivity index (χ3v) is 7.30. The number of fused-ring (bicyclic) bond motifs is 1. The lowest BCUT2D eigenvalue weighted by Crippen LogP contribution is -2.42. The second kappa shape index (κ2) is 9.32. The van der Waals surface area contributed by atoms with E-state index in [9.17, 15) is 9.59 Å². The van der Waals surface area contributed by atoms with E-state index >= 15 is 0 Å². The maximum absolute atomic E-state index is 13.6. The van der Waals surface area contributed by atoms with Gasteiger partial charge in [-0.05, 0) is 61.4 Å². The SMILES string of the molecule is CC1=C(C(=O)O[C@@H]2CCc3ccccc32)[C@H](c2ccc(Cl)cc2)CC(=O)N1C[C@H]1CCCO1. The highest BCUT2D eigenvalue weighted by atomic mass is 35.5. The van der Waals surface area contributed by atoms with Crippen molar-refractivity contribution in [1.82, 2.24) is 4.90 Å². The van der Waals surface area contributed by atoms with Crippen LogP contribution in [0.4, 0.5) is 0 Å². The van der Waals surface area contributed by atoms with Crippen LogP contribution in [0.1, 0.15) is 61.3 Å². The first-order valence-electron chi connectivity index (χ1n) is 11.7. The van der Waals surface area contributed by atoms with Crippen LogP contribution in [0.25, 0.3) is 0 Å². The van der Waals surface area contributed by atoms with Crippen molar-refractivity contribution < 1.29 is 19.1 Å². The van der Waals surface area contributed by atoms with Crippen LogP contribution in [0.5, 0.6) is 0 Å². The standard InChI is InChI=1S/C27H28ClNO4/c1-17-26(27(31)33-24-13-10-18-5-2-3-7-22(18)24)23(19-8-11-20(28)12-9-19)15-25(30)29(17)16-21-6-4-14-32-21/h2-3,5,7-9,11-12,21,23-24H,4,6,10,13-16H2,1H3/t21-,23+,24-/m1/s1. The second-order valence-corrected chi connectivity index (χ2v) is 9.51. The van der Waals surface area contributed by atoms with Gasteiger partial charge in [0.15, 0.2) is 0 Å². The van der Waals surface area contributed by atoms with E-state index in [2.05, 4.69) is 6.07 Å². The maximum Gasteiger partial charge on any atom is 0.337 e. The van der Waals surface area contributed by atoms with Crippen molar-refractivity contribution in [3.63, 3.8) is 0 Å². The fraction of sp³-hybridized carbons (Fsp3) is 0.407. The molecule has 1 fully saturated rings. The van der Waals surface area contributed by atoms with Crippen molar-refractivity contribution in [1.29, 1.82) is 0 Å². The van der Waals surface area contributed by atoms with Crippen LogP contribution in [-0.2, 0) is 25.5 Å². The molecule has 0 N–H and O–H groups in total. The monoisotopic (exact) mass is 465 g/mol. The molecule has 1 amide bonds. The summed E-state index contributed by atoms with van der Waals surface area (Å²) in [6.07, 6.45) is 3.57. The van der Waals surface area contributed by atoms with Crippen LogP contribution in [0.3, 0.4) is 0 Å². The first kappa shape index (κ1) is 22.2. The Morgan fingerprint density at radius 2 is 1.94 bits per heavy atom. The molecule has 2 aromatic carbocycles. The Morgan fingerprint density at radius 1 is 1.15 bits per heavy atom. The first-order valence-corrected chi connectivity index (χ1v) is 12.1. The molecular formula is C27H28ClNO4. The number of allylic oxidation sites excluding steroid dienone is 1. The van der Waals surface area contributed by atoms with E-state index in [4.69, 9.17) is 21.1 Å². The predicted molar refractivity (Wildman–Crippen MR) is 126 cm³/mol. The van der Waals surface area contributed by atoms with Crippen molar-refractivity contribution in [3.8, 4) is 0 Å². The van der Waals surface area contributed by atoms with Gasteiger partial charge in [0.05, 0.1) is 18.2 Å². The Balaban J connectivity index is 1.48. The summed E-state index contributed by atoms with van der Waals surface area (Å²) in [7, 11) is 0. The molecule has 5 nitrogen and oxygen atoms in total. The van der Waals surface area contributed by atoms with Gasteiger partial charge in [0, 0.05) is 29.7 Å². The Labute approximate surface area is 199 Å². The van der Waals surface area contributed by atoms with E-state index in [0.717, 1.165) is 43.4 Å². The van der Waals surface area contributed by atoms with Gasteiger partial charge in [0.1, 0.15) is 6.10 Å². The van der Waals surface area contributed by atoms with E-state index in [1.807, 2.05) is 37.3 Å². The molecule has 3 aliphatic rings. The number of amides is 1. The molecule has 0 aromatic heterocycles. The maximum atomic E-state index is 13.6. The number of carbonyl (C=O) groups is 2. The molecule has 0 spiro atoms. The molecular weight excluding hydrogens is 438 g/mol. The van der Waals surface area contributed by atoms with Gasteiger partial charge >= 0.3 is 5.97 Å². The minimum Gasteiger partial charge on any atom is -0.454 e. The fourth-order valence-corrected chi connectivity index (χ4v) is 5.43. The third kappa shape index (κ3) is 4.44. The van der Waals surface area contributed by atoms with Crippen molar-refractivity contribution in [2.45, 2.75) is 57.2 Å². The number of carbonyl (C=O) groups excluding carboxylic acids is 2. The van der Waals surface area contributed by atoms with Crippen molar-refractivity contribution >= 4 is 23.5 Å². The number of rotatable bonds is 5. The minimum atomic E-state index is -0.361. The summed E-state index contributed by atoms with van der Waals surface area (Å²) in [5, 5.41) is 0.619. The minimum absolute atomic E-state index is 0.00529. The van der Waals surface area contributed by atoms with Gasteiger partial charge in [0.25, 0.3) is 0 Å². The Kier molecular flexibility index (Phi) is 6.26.